The number of benzene rings is 1. The van der Waals surface area contributed by atoms with E-state index in [0.717, 1.165) is 0 Å². The number of aromatic hydroxyl groups is 1. The molecule has 0 aliphatic carbocycles. The minimum Gasteiger partial charge on any atom is -0.507 e. The van der Waals surface area contributed by atoms with E-state index in [1.807, 2.05) is 0 Å². The molecule has 2 nitrogen and oxygen atoms in total. The Labute approximate surface area is 62.3 Å². The van der Waals surface area contributed by atoms with Gasteiger partial charge in [-0.3, -0.25) is 0 Å². The highest BCUT2D eigenvalue weighted by Gasteiger charge is 2.03. The predicted octanol–water partition coefficient (Wildman–Crippen LogP) is 2.01. The molecule has 3 heteroatoms. The molecular formula is C8H6FNO. The van der Waals surface area contributed by atoms with Crippen LogP contribution in [0.2, 0.25) is 0 Å². The van der Waals surface area contributed by atoms with Gasteiger partial charge in [-0.2, -0.15) is 0 Å². The first-order valence-corrected chi connectivity index (χ1v) is 3.23. The zero-order chi connectivity index (χ0) is 7.84. The van der Waals surface area contributed by atoms with Gasteiger partial charge in [0, 0.05) is 11.6 Å². The molecule has 11 heavy (non-hydrogen) atoms. The molecule has 0 spiro atoms. The molecule has 2 aromatic rings. The molecule has 56 valence electrons. The van der Waals surface area contributed by atoms with Crippen molar-refractivity contribution in [2.45, 2.75) is 0 Å². The molecule has 0 radical (unpaired) electrons. The fraction of sp³-hybridized carbons (Fsp3) is 0. The number of hydrogen-bond donors (Lipinski definition) is 2. The largest absolute Gasteiger partial charge is 0.507 e. The maximum absolute atomic E-state index is 12.9. The van der Waals surface area contributed by atoms with E-state index in [1.165, 1.54) is 12.1 Å². The summed E-state index contributed by atoms with van der Waals surface area (Å²) in [5.41, 5.74) is 0.352. The minimum absolute atomic E-state index is 0.0997. The van der Waals surface area contributed by atoms with Gasteiger partial charge in [0.1, 0.15) is 11.6 Å². The van der Waals surface area contributed by atoms with Gasteiger partial charge in [0.25, 0.3) is 0 Å². The van der Waals surface area contributed by atoms with Crippen molar-refractivity contribution in [3.8, 4) is 5.75 Å². The molecule has 2 rings (SSSR count). The van der Waals surface area contributed by atoms with Gasteiger partial charge in [0.2, 0.25) is 0 Å². The Hall–Kier alpha value is -1.51. The van der Waals surface area contributed by atoms with E-state index >= 15 is 0 Å². The van der Waals surface area contributed by atoms with Crippen LogP contribution >= 0.6 is 0 Å². The van der Waals surface area contributed by atoms with Gasteiger partial charge >= 0.3 is 0 Å². The number of phenols is 1. The van der Waals surface area contributed by atoms with Gasteiger partial charge in [0.15, 0.2) is 0 Å². The second kappa shape index (κ2) is 1.99. The van der Waals surface area contributed by atoms with Crippen LogP contribution in [-0.4, -0.2) is 10.1 Å². The van der Waals surface area contributed by atoms with Gasteiger partial charge in [-0.1, -0.05) is 0 Å². The second-order valence-electron chi connectivity index (χ2n) is 2.33. The molecule has 1 heterocycles. The molecule has 0 amide bonds. The molecule has 1 aromatic carbocycles. The zero-order valence-corrected chi connectivity index (χ0v) is 5.63. The van der Waals surface area contributed by atoms with Crippen LogP contribution in [-0.2, 0) is 0 Å². The van der Waals surface area contributed by atoms with Crippen molar-refractivity contribution in [1.29, 1.82) is 0 Å². The third-order valence-electron chi connectivity index (χ3n) is 1.65. The Morgan fingerprint density at radius 1 is 1.27 bits per heavy atom. The Balaban J connectivity index is 2.96. The third kappa shape index (κ3) is 0.774. The lowest BCUT2D eigenvalue weighted by Gasteiger charge is -1.94. The van der Waals surface area contributed by atoms with Crippen molar-refractivity contribution in [2.75, 3.05) is 0 Å². The quantitative estimate of drug-likeness (QED) is 0.593. The summed E-state index contributed by atoms with van der Waals surface area (Å²) in [7, 11) is 0. The van der Waals surface area contributed by atoms with Crippen molar-refractivity contribution in [3.63, 3.8) is 0 Å². The summed E-state index contributed by atoms with van der Waals surface area (Å²) in [5.74, 6) is -0.245. The third-order valence-corrected chi connectivity index (χ3v) is 1.65. The number of phenolic OH excluding ortho intramolecular Hbond substituents is 1. The lowest BCUT2D eigenvalue weighted by molar-refractivity contribution is 0.480. The molecule has 1 aromatic heterocycles. The summed E-state index contributed by atoms with van der Waals surface area (Å²) in [5, 5.41) is 9.72. The highest BCUT2D eigenvalue weighted by atomic mass is 19.1. The number of aromatic nitrogens is 1. The van der Waals surface area contributed by atoms with Gasteiger partial charge in [-0.15, -0.1) is 0 Å². The maximum Gasteiger partial charge on any atom is 0.147 e. The molecule has 0 aliphatic rings. The molecule has 0 unspecified atom stereocenters. The number of rotatable bonds is 0. The summed E-state index contributed by atoms with van der Waals surface area (Å²) < 4.78 is 12.9. The van der Waals surface area contributed by atoms with Crippen LogP contribution in [0.25, 0.3) is 10.9 Å². The second-order valence-corrected chi connectivity index (χ2v) is 2.33. The van der Waals surface area contributed by atoms with Crippen LogP contribution in [0.15, 0.2) is 24.4 Å². The highest BCUT2D eigenvalue weighted by Crippen LogP contribution is 2.24. The average molecular weight is 151 g/mol. The van der Waals surface area contributed by atoms with Crippen molar-refractivity contribution < 1.29 is 9.50 Å². The Bertz CT molecular complexity index is 358. The number of hydrogen-bond acceptors (Lipinski definition) is 1. The Kier molecular flexibility index (Phi) is 1.12. The molecule has 0 saturated carbocycles. The highest BCUT2D eigenvalue weighted by molar-refractivity contribution is 5.85. The van der Waals surface area contributed by atoms with Crippen molar-refractivity contribution in [2.24, 2.45) is 0 Å². The first-order chi connectivity index (χ1) is 5.29. The molecule has 2 N–H and O–H groups in total. The lowest BCUT2D eigenvalue weighted by atomic mass is 10.2. The minimum atomic E-state index is -0.345. The summed E-state index contributed by atoms with van der Waals surface area (Å²) in [4.78, 5) is 2.69. The number of H-pyrrole nitrogens is 1. The van der Waals surface area contributed by atoms with Crippen LogP contribution in [0.3, 0.4) is 0 Å². The van der Waals surface area contributed by atoms with Crippen molar-refractivity contribution in [1.82, 2.24) is 4.98 Å². The molecule has 0 fully saturated rings. The first kappa shape index (κ1) is 6.22. The van der Waals surface area contributed by atoms with Crippen LogP contribution in [0, 0.1) is 5.82 Å². The number of aromatic amines is 1. The zero-order valence-electron chi connectivity index (χ0n) is 5.63. The summed E-state index contributed by atoms with van der Waals surface area (Å²) in [6.07, 6.45) is 1.59. The van der Waals surface area contributed by atoms with Crippen LogP contribution < -0.4 is 0 Å². The standard InChI is InChI=1S/C8H6FNO/c9-6-1-2-7(11)5-3-4-10-8(5)6/h1-4,10-11H. The number of fused-ring (bicyclic) bond motifs is 1. The summed E-state index contributed by atoms with van der Waals surface area (Å²) in [6, 6.07) is 4.20. The molecule has 0 bridgehead atoms. The van der Waals surface area contributed by atoms with Crippen LogP contribution in [0.4, 0.5) is 4.39 Å². The average Bonchev–Trinajstić information content (AvgIpc) is 2.45. The van der Waals surface area contributed by atoms with Crippen LogP contribution in [0.1, 0.15) is 0 Å². The predicted molar refractivity (Wildman–Crippen MR) is 39.9 cm³/mol. The van der Waals surface area contributed by atoms with Crippen LogP contribution in [0.5, 0.6) is 5.75 Å². The monoisotopic (exact) mass is 151 g/mol. The van der Waals surface area contributed by atoms with Gasteiger partial charge in [0.05, 0.1) is 5.52 Å². The van der Waals surface area contributed by atoms with E-state index in [0.29, 0.717) is 10.9 Å². The number of nitrogens with one attached hydrogen (secondary N) is 1. The number of halogens is 1. The fourth-order valence-corrected chi connectivity index (χ4v) is 1.11. The smallest absolute Gasteiger partial charge is 0.147 e. The molecule has 0 atom stereocenters. The fourth-order valence-electron chi connectivity index (χ4n) is 1.11. The molecule has 0 saturated heterocycles. The van der Waals surface area contributed by atoms with E-state index in [2.05, 4.69) is 4.98 Å². The first-order valence-electron chi connectivity index (χ1n) is 3.23. The van der Waals surface area contributed by atoms with Gasteiger partial charge < -0.3 is 10.1 Å². The molecule has 0 aliphatic heterocycles. The lowest BCUT2D eigenvalue weighted by Crippen LogP contribution is -1.76. The molecular weight excluding hydrogens is 145 g/mol. The Morgan fingerprint density at radius 3 is 2.82 bits per heavy atom. The topological polar surface area (TPSA) is 36.0 Å². The summed E-state index contributed by atoms with van der Waals surface area (Å²) in [6.45, 7) is 0. The summed E-state index contributed by atoms with van der Waals surface area (Å²) >= 11 is 0. The van der Waals surface area contributed by atoms with Crippen molar-refractivity contribution >= 4 is 10.9 Å². The maximum atomic E-state index is 12.9. The van der Waals surface area contributed by atoms with E-state index in [-0.39, 0.29) is 11.6 Å². The van der Waals surface area contributed by atoms with Gasteiger partial charge in [-0.25, -0.2) is 4.39 Å². The van der Waals surface area contributed by atoms with E-state index in [1.54, 1.807) is 12.3 Å². The van der Waals surface area contributed by atoms with E-state index in [9.17, 15) is 9.50 Å². The normalized spacial score (nSPS) is 10.6. The Morgan fingerprint density at radius 2 is 2.09 bits per heavy atom. The van der Waals surface area contributed by atoms with E-state index < -0.39 is 0 Å². The van der Waals surface area contributed by atoms with Crippen molar-refractivity contribution in [3.05, 3.63) is 30.2 Å². The van der Waals surface area contributed by atoms with E-state index in [4.69, 9.17) is 0 Å². The van der Waals surface area contributed by atoms with Gasteiger partial charge in [-0.05, 0) is 18.2 Å². The SMILES string of the molecule is Oc1ccc(F)c2[nH]ccc12.